The van der Waals surface area contributed by atoms with Crippen molar-refractivity contribution in [2.75, 3.05) is 26.2 Å². The lowest BCUT2D eigenvalue weighted by Crippen LogP contribution is -2.66. The molecule has 3 unspecified atom stereocenters. The number of nitrogens with two attached hydrogens (primary N) is 1. The molecule has 2 aliphatic heterocycles. The molecule has 7 amide bonds. The number of para-hydroxylation sites is 1. The highest BCUT2D eigenvalue weighted by Crippen LogP contribution is 2.29. The SMILES string of the molecule is CC(C)(C)OC(=O)N1CCC(C(=O)NC(Cc2csc3ccccc23)C(=O)NC(Cc2c[nH]c3ccccc23)C(=O)NC(Cc2ccccc2)C(=O)NC2(C(N)=O)CCN(C(=O)OC(C)(C)C=N)CC2)CC1. The number of rotatable bonds is 17. The number of hydrogen-bond donors (Lipinski definition) is 7. The van der Waals surface area contributed by atoms with Gasteiger partial charge in [0.15, 0.2) is 0 Å². The topological polar surface area (TPSA) is 258 Å². The molecule has 0 bridgehead atoms. The van der Waals surface area contributed by atoms with Gasteiger partial charge < -0.3 is 56.7 Å². The van der Waals surface area contributed by atoms with Crippen LogP contribution in [0.2, 0.25) is 0 Å². The molecule has 0 aliphatic carbocycles. The summed E-state index contributed by atoms with van der Waals surface area (Å²) < 4.78 is 12.0. The minimum absolute atomic E-state index is 0.00514. The van der Waals surface area contributed by atoms with E-state index in [4.69, 9.17) is 20.6 Å². The molecule has 7 rings (SSSR count). The number of ether oxygens (including phenoxy) is 2. The molecule has 0 saturated carbocycles. The lowest BCUT2D eigenvalue weighted by molar-refractivity contribution is -0.137. The number of aromatic amines is 1. The predicted molar refractivity (Wildman–Crippen MR) is 274 cm³/mol. The van der Waals surface area contributed by atoms with E-state index in [2.05, 4.69) is 26.3 Å². The third-order valence-corrected chi connectivity index (χ3v) is 14.2. The molecule has 2 aromatic heterocycles. The monoisotopic (exact) mass is 1000 g/mol. The highest BCUT2D eigenvalue weighted by atomic mass is 32.1. The number of piperidine rings is 2. The Hall–Kier alpha value is -7.28. The van der Waals surface area contributed by atoms with E-state index in [1.54, 1.807) is 70.0 Å². The number of nitrogens with one attached hydrogen (secondary N) is 6. The van der Waals surface area contributed by atoms with Crippen molar-refractivity contribution in [3.63, 3.8) is 0 Å². The fourth-order valence-corrected chi connectivity index (χ4v) is 10.0. The summed E-state index contributed by atoms with van der Waals surface area (Å²) in [5.74, 6) is -3.74. The minimum atomic E-state index is -1.59. The predicted octanol–water partition coefficient (Wildman–Crippen LogP) is 5.51. The Morgan fingerprint density at radius 1 is 0.722 bits per heavy atom. The summed E-state index contributed by atoms with van der Waals surface area (Å²) in [4.78, 5) is 104. The third kappa shape index (κ3) is 13.2. The summed E-state index contributed by atoms with van der Waals surface area (Å²) in [6, 6.07) is 20.6. The average Bonchev–Trinajstić information content (AvgIpc) is 3.96. The van der Waals surface area contributed by atoms with Gasteiger partial charge in [-0.3, -0.25) is 24.0 Å². The van der Waals surface area contributed by atoms with Gasteiger partial charge in [-0.05, 0) is 99.9 Å². The molecule has 0 spiro atoms. The van der Waals surface area contributed by atoms with Crippen molar-refractivity contribution < 1.29 is 43.0 Å². The zero-order valence-corrected chi connectivity index (χ0v) is 42.2. The van der Waals surface area contributed by atoms with Crippen molar-refractivity contribution in [3.8, 4) is 0 Å². The maximum atomic E-state index is 15.0. The molecule has 0 radical (unpaired) electrons. The summed E-state index contributed by atoms with van der Waals surface area (Å²) in [5, 5.41) is 23.0. The van der Waals surface area contributed by atoms with Crippen LogP contribution in [-0.4, -0.2) is 124 Å². The number of primary amides is 1. The molecular formula is C53H65N9O9S. The van der Waals surface area contributed by atoms with Gasteiger partial charge in [0.1, 0.15) is 34.9 Å². The Labute approximate surface area is 422 Å². The van der Waals surface area contributed by atoms with Crippen molar-refractivity contribution in [1.29, 1.82) is 5.41 Å². The Morgan fingerprint density at radius 3 is 1.92 bits per heavy atom. The Kier molecular flexibility index (Phi) is 16.4. The van der Waals surface area contributed by atoms with E-state index >= 15 is 0 Å². The Balaban J connectivity index is 1.15. The van der Waals surface area contributed by atoms with Crippen LogP contribution in [0.1, 0.15) is 77.0 Å². The minimum Gasteiger partial charge on any atom is -0.444 e. The highest BCUT2D eigenvalue weighted by Gasteiger charge is 2.45. The second kappa shape index (κ2) is 22.4. The molecule has 382 valence electrons. The number of carbonyl (C=O) groups is 7. The number of thiophene rings is 1. The first-order valence-corrected chi connectivity index (χ1v) is 25.2. The van der Waals surface area contributed by atoms with Crippen LogP contribution in [0.4, 0.5) is 9.59 Å². The fourth-order valence-electron chi connectivity index (χ4n) is 9.04. The molecule has 2 aliphatic rings. The van der Waals surface area contributed by atoms with Crippen LogP contribution in [0, 0.1) is 11.3 Å². The molecule has 2 fully saturated rings. The molecule has 5 aromatic rings. The molecule has 4 heterocycles. The molecule has 18 nitrogen and oxygen atoms in total. The number of carbonyl (C=O) groups excluding carboxylic acids is 7. The van der Waals surface area contributed by atoms with Crippen molar-refractivity contribution in [3.05, 3.63) is 107 Å². The van der Waals surface area contributed by atoms with E-state index < -0.39 is 76.6 Å². The first-order valence-electron chi connectivity index (χ1n) is 24.3. The first-order chi connectivity index (χ1) is 34.2. The van der Waals surface area contributed by atoms with E-state index in [0.29, 0.717) is 37.1 Å². The van der Waals surface area contributed by atoms with Gasteiger partial charge in [0.25, 0.3) is 0 Å². The number of H-pyrrole nitrogens is 1. The summed E-state index contributed by atoms with van der Waals surface area (Å²) >= 11 is 1.51. The summed E-state index contributed by atoms with van der Waals surface area (Å²) in [7, 11) is 0. The molecule has 2 saturated heterocycles. The first kappa shape index (κ1) is 52.5. The smallest absolute Gasteiger partial charge is 0.410 e. The Bertz CT molecular complexity index is 2790. The van der Waals surface area contributed by atoms with Gasteiger partial charge in [-0.25, -0.2) is 9.59 Å². The van der Waals surface area contributed by atoms with Crippen LogP contribution >= 0.6 is 11.3 Å². The van der Waals surface area contributed by atoms with Gasteiger partial charge in [0.2, 0.25) is 29.5 Å². The lowest BCUT2D eigenvalue weighted by atomic mass is 9.86. The number of fused-ring (bicyclic) bond motifs is 2. The van der Waals surface area contributed by atoms with Crippen molar-refractivity contribution in [2.24, 2.45) is 11.7 Å². The van der Waals surface area contributed by atoms with Crippen LogP contribution < -0.4 is 27.0 Å². The van der Waals surface area contributed by atoms with E-state index in [1.807, 2.05) is 60.0 Å². The van der Waals surface area contributed by atoms with Crippen molar-refractivity contribution in [1.82, 2.24) is 36.1 Å². The number of nitrogens with zero attached hydrogens (tertiary/aromatic N) is 2. The zero-order chi connectivity index (χ0) is 51.8. The number of likely N-dealkylation sites (tertiary alicyclic amines) is 2. The third-order valence-electron chi connectivity index (χ3n) is 13.2. The van der Waals surface area contributed by atoms with Crippen LogP contribution in [-0.2, 0) is 52.7 Å². The van der Waals surface area contributed by atoms with Gasteiger partial charge in [0, 0.05) is 79.4 Å². The van der Waals surface area contributed by atoms with Gasteiger partial charge in [-0.15, -0.1) is 11.3 Å². The average molecular weight is 1000 g/mol. The maximum Gasteiger partial charge on any atom is 0.410 e. The Morgan fingerprint density at radius 2 is 1.28 bits per heavy atom. The van der Waals surface area contributed by atoms with Crippen LogP contribution in [0.15, 0.2) is 90.4 Å². The van der Waals surface area contributed by atoms with Gasteiger partial charge >= 0.3 is 12.2 Å². The quantitative estimate of drug-likeness (QED) is 0.0579. The molecule has 8 N–H and O–H groups in total. The number of amides is 7. The van der Waals surface area contributed by atoms with E-state index in [9.17, 15) is 33.6 Å². The van der Waals surface area contributed by atoms with Crippen molar-refractivity contribution in [2.45, 2.75) is 114 Å². The van der Waals surface area contributed by atoms with Crippen molar-refractivity contribution >= 4 is 80.3 Å². The van der Waals surface area contributed by atoms with E-state index in [1.165, 1.54) is 16.2 Å². The molecular weight excluding hydrogens is 939 g/mol. The number of aromatic nitrogens is 1. The van der Waals surface area contributed by atoms with Gasteiger partial charge in [-0.2, -0.15) is 0 Å². The maximum absolute atomic E-state index is 15.0. The highest BCUT2D eigenvalue weighted by molar-refractivity contribution is 7.17. The largest absolute Gasteiger partial charge is 0.444 e. The second-order valence-electron chi connectivity index (χ2n) is 20.2. The molecule has 3 aromatic carbocycles. The normalized spacial score (nSPS) is 16.5. The summed E-state index contributed by atoms with van der Waals surface area (Å²) in [5.41, 5.74) is 5.60. The summed E-state index contributed by atoms with van der Waals surface area (Å²) in [6.45, 7) is 9.12. The zero-order valence-electron chi connectivity index (χ0n) is 41.4. The lowest BCUT2D eigenvalue weighted by Gasteiger charge is -2.41. The second-order valence-corrected chi connectivity index (χ2v) is 21.1. The van der Waals surface area contributed by atoms with Gasteiger partial charge in [-0.1, -0.05) is 66.7 Å². The van der Waals surface area contributed by atoms with Gasteiger partial charge in [0.05, 0.1) is 0 Å². The molecule has 3 atom stereocenters. The van der Waals surface area contributed by atoms with E-state index in [-0.39, 0.29) is 51.1 Å². The molecule has 19 heteroatoms. The molecule has 72 heavy (non-hydrogen) atoms. The standard InChI is InChI=1S/C53H65N9O9S/c1-51(2,3)70-49(68)61-23-19-34(20-24-61)44(63)57-42(29-36-31-72-43-18-12-10-16-38(36)43)46(65)59-41(28-35-30-56-39-17-11-9-15-37(35)39)45(64)58-40(27-33-13-7-6-8-14-33)47(66)60-53(48(55)67)21-25-62(26-22-53)50(69)71-52(4,5)32-54/h6-18,30-32,34,40-42,54,56H,19-29H2,1-5H3,(H2,55,67)(H,57,63)(H,58,64)(H,59,65)(H,60,66). The fraction of sp³-hybridized carbons (Fsp3) is 0.434. The van der Waals surface area contributed by atoms with E-state index in [0.717, 1.165) is 32.8 Å². The van der Waals surface area contributed by atoms with Crippen LogP contribution in [0.25, 0.3) is 21.0 Å². The summed E-state index contributed by atoms with van der Waals surface area (Å²) in [6.07, 6.45) is 2.31. The van der Waals surface area contributed by atoms with Crippen LogP contribution in [0.3, 0.4) is 0 Å². The number of benzene rings is 3. The number of hydrogen-bond acceptors (Lipinski definition) is 11. The van der Waals surface area contributed by atoms with Crippen LogP contribution in [0.5, 0.6) is 0 Å².